The lowest BCUT2D eigenvalue weighted by Crippen LogP contribution is -2.53. The van der Waals surface area contributed by atoms with E-state index >= 15 is 0 Å². The molecule has 2 heterocycles. The Morgan fingerprint density at radius 2 is 2.04 bits per heavy atom. The van der Waals surface area contributed by atoms with E-state index in [2.05, 4.69) is 34.0 Å². The maximum atomic E-state index is 5.95. The van der Waals surface area contributed by atoms with Gasteiger partial charge in [0.25, 0.3) is 0 Å². The van der Waals surface area contributed by atoms with Gasteiger partial charge >= 0.3 is 0 Å². The van der Waals surface area contributed by atoms with E-state index < -0.39 is 0 Å². The summed E-state index contributed by atoms with van der Waals surface area (Å²) in [6.07, 6.45) is 6.73. The molecule has 1 atom stereocenters. The smallest absolute Gasteiger partial charge is 0.137 e. The topological polar surface area (TPSA) is 76.3 Å². The van der Waals surface area contributed by atoms with Crippen LogP contribution in [-0.2, 0) is 4.74 Å². The van der Waals surface area contributed by atoms with E-state index in [4.69, 9.17) is 10.5 Å². The third-order valence-electron chi connectivity index (χ3n) is 6.48. The Morgan fingerprint density at radius 3 is 2.82 bits per heavy atom. The maximum Gasteiger partial charge on any atom is 0.137 e. The van der Waals surface area contributed by atoms with Crippen LogP contribution in [0.5, 0.6) is 0 Å². The number of benzene rings is 1. The van der Waals surface area contributed by atoms with Gasteiger partial charge < -0.3 is 15.8 Å². The molecule has 0 spiro atoms. The Morgan fingerprint density at radius 1 is 1.21 bits per heavy atom. The summed E-state index contributed by atoms with van der Waals surface area (Å²) in [6.45, 7) is 8.47. The monoisotopic (exact) mass is 383 g/mol. The second kappa shape index (κ2) is 8.62. The van der Waals surface area contributed by atoms with Gasteiger partial charge in [-0.2, -0.15) is 0 Å². The summed E-state index contributed by atoms with van der Waals surface area (Å²) in [6, 6.07) is 7.09. The summed E-state index contributed by atoms with van der Waals surface area (Å²) < 4.78 is 5.74. The van der Waals surface area contributed by atoms with Crippen molar-refractivity contribution in [3.63, 3.8) is 0 Å². The molecular formula is C22H33N5O. The first-order valence-electron chi connectivity index (χ1n) is 10.7. The SMILES string of the molecule is CC(C)[C@@H]1COCCN1[C@H]1CC[C@H](CNc2ncnc3ccc(N)cc23)CC1. The number of nitrogens with zero attached hydrogens (tertiary/aromatic N) is 3. The van der Waals surface area contributed by atoms with E-state index in [0.29, 0.717) is 23.9 Å². The zero-order chi connectivity index (χ0) is 19.5. The van der Waals surface area contributed by atoms with Gasteiger partial charge in [-0.15, -0.1) is 0 Å². The number of nitrogen functional groups attached to an aromatic ring is 1. The molecular weight excluding hydrogens is 350 g/mol. The molecule has 0 radical (unpaired) electrons. The average molecular weight is 384 g/mol. The molecule has 0 bridgehead atoms. The number of fused-ring (bicyclic) bond motifs is 1. The van der Waals surface area contributed by atoms with Crippen LogP contribution in [0.3, 0.4) is 0 Å². The highest BCUT2D eigenvalue weighted by molar-refractivity contribution is 5.91. The van der Waals surface area contributed by atoms with E-state index in [0.717, 1.165) is 48.7 Å². The zero-order valence-electron chi connectivity index (χ0n) is 17.1. The minimum Gasteiger partial charge on any atom is -0.399 e. The van der Waals surface area contributed by atoms with Crippen LogP contribution in [-0.4, -0.2) is 53.3 Å². The van der Waals surface area contributed by atoms with Crippen molar-refractivity contribution in [1.29, 1.82) is 0 Å². The first kappa shape index (κ1) is 19.4. The van der Waals surface area contributed by atoms with Crippen molar-refractivity contribution >= 4 is 22.4 Å². The molecule has 0 unspecified atom stereocenters. The van der Waals surface area contributed by atoms with Crippen LogP contribution in [0.2, 0.25) is 0 Å². The number of rotatable bonds is 5. The summed E-state index contributed by atoms with van der Waals surface area (Å²) in [7, 11) is 0. The number of morpholine rings is 1. The number of nitrogens with one attached hydrogen (secondary N) is 1. The molecule has 1 saturated carbocycles. The lowest BCUT2D eigenvalue weighted by Gasteiger charge is -2.45. The quantitative estimate of drug-likeness (QED) is 0.769. The highest BCUT2D eigenvalue weighted by atomic mass is 16.5. The van der Waals surface area contributed by atoms with E-state index in [1.54, 1.807) is 6.33 Å². The second-order valence-corrected chi connectivity index (χ2v) is 8.68. The summed E-state index contributed by atoms with van der Waals surface area (Å²) in [4.78, 5) is 11.5. The average Bonchev–Trinajstić information content (AvgIpc) is 2.72. The number of hydrogen-bond donors (Lipinski definition) is 2. The molecule has 3 N–H and O–H groups in total. The molecule has 1 aliphatic heterocycles. The van der Waals surface area contributed by atoms with Crippen molar-refractivity contribution in [2.24, 2.45) is 11.8 Å². The molecule has 0 amide bonds. The van der Waals surface area contributed by atoms with E-state index in [9.17, 15) is 0 Å². The van der Waals surface area contributed by atoms with Gasteiger partial charge in [-0.25, -0.2) is 9.97 Å². The standard InChI is InChI=1S/C22H33N5O/c1-15(2)21-13-28-10-9-27(21)18-6-3-16(4-7-18)12-24-22-19-11-17(23)5-8-20(19)25-14-26-22/h5,8,11,14-16,18,21H,3-4,6-7,9-10,12-13,23H2,1-2H3,(H,24,25,26)/t16-,18-,21-/m0/s1. The molecule has 28 heavy (non-hydrogen) atoms. The fourth-order valence-electron chi connectivity index (χ4n) is 4.80. The highest BCUT2D eigenvalue weighted by Gasteiger charge is 2.33. The van der Waals surface area contributed by atoms with Gasteiger partial charge in [0.15, 0.2) is 0 Å². The minimum atomic E-state index is 0.575. The number of ether oxygens (including phenoxy) is 1. The molecule has 2 fully saturated rings. The van der Waals surface area contributed by atoms with Crippen molar-refractivity contribution in [2.45, 2.75) is 51.6 Å². The van der Waals surface area contributed by atoms with Crippen LogP contribution < -0.4 is 11.1 Å². The maximum absolute atomic E-state index is 5.95. The fraction of sp³-hybridized carbons (Fsp3) is 0.636. The molecule has 1 aromatic carbocycles. The van der Waals surface area contributed by atoms with Gasteiger partial charge in [0.2, 0.25) is 0 Å². The Balaban J connectivity index is 1.33. The first-order chi connectivity index (χ1) is 13.6. The zero-order valence-corrected chi connectivity index (χ0v) is 17.1. The molecule has 152 valence electrons. The largest absolute Gasteiger partial charge is 0.399 e. The lowest BCUT2D eigenvalue weighted by molar-refractivity contribution is -0.0539. The molecule has 1 saturated heterocycles. The molecule has 6 nitrogen and oxygen atoms in total. The molecule has 2 aliphatic rings. The van der Waals surface area contributed by atoms with Crippen molar-refractivity contribution in [3.8, 4) is 0 Å². The Labute approximate surface area is 167 Å². The Bertz CT molecular complexity index is 788. The predicted molar refractivity (Wildman–Crippen MR) is 114 cm³/mol. The Hall–Kier alpha value is -1.92. The number of aromatic nitrogens is 2. The number of nitrogens with two attached hydrogens (primary N) is 1. The van der Waals surface area contributed by atoms with Gasteiger partial charge in [-0.05, 0) is 55.7 Å². The lowest BCUT2D eigenvalue weighted by atomic mass is 9.84. The van der Waals surface area contributed by atoms with Crippen LogP contribution >= 0.6 is 0 Å². The van der Waals surface area contributed by atoms with Crippen molar-refractivity contribution in [3.05, 3.63) is 24.5 Å². The van der Waals surface area contributed by atoms with Crippen LogP contribution in [0.25, 0.3) is 10.9 Å². The van der Waals surface area contributed by atoms with E-state index in [1.165, 1.54) is 25.7 Å². The molecule has 6 heteroatoms. The second-order valence-electron chi connectivity index (χ2n) is 8.68. The summed E-state index contributed by atoms with van der Waals surface area (Å²) >= 11 is 0. The van der Waals surface area contributed by atoms with Crippen molar-refractivity contribution < 1.29 is 4.74 Å². The third kappa shape index (κ3) is 4.23. The third-order valence-corrected chi connectivity index (χ3v) is 6.48. The molecule has 1 aliphatic carbocycles. The van der Waals surface area contributed by atoms with Crippen LogP contribution in [0.1, 0.15) is 39.5 Å². The van der Waals surface area contributed by atoms with Gasteiger partial charge in [0.1, 0.15) is 12.1 Å². The van der Waals surface area contributed by atoms with Gasteiger partial charge in [-0.1, -0.05) is 13.8 Å². The molecule has 1 aromatic heterocycles. The highest BCUT2D eigenvalue weighted by Crippen LogP contribution is 2.31. The Kier molecular flexibility index (Phi) is 5.97. The van der Waals surface area contributed by atoms with Gasteiger partial charge in [0, 0.05) is 36.2 Å². The van der Waals surface area contributed by atoms with Crippen LogP contribution in [0.15, 0.2) is 24.5 Å². The number of anilines is 2. The van der Waals surface area contributed by atoms with E-state index in [1.807, 2.05) is 18.2 Å². The van der Waals surface area contributed by atoms with Crippen LogP contribution in [0, 0.1) is 11.8 Å². The molecule has 2 aromatic rings. The van der Waals surface area contributed by atoms with Gasteiger partial charge in [0.05, 0.1) is 18.7 Å². The van der Waals surface area contributed by atoms with Crippen LogP contribution in [0.4, 0.5) is 11.5 Å². The summed E-state index contributed by atoms with van der Waals surface area (Å²) in [5.74, 6) is 2.24. The van der Waals surface area contributed by atoms with Crippen molar-refractivity contribution in [2.75, 3.05) is 37.4 Å². The normalized spacial score (nSPS) is 26.6. The van der Waals surface area contributed by atoms with Gasteiger partial charge in [-0.3, -0.25) is 4.90 Å². The summed E-state index contributed by atoms with van der Waals surface area (Å²) in [5, 5.41) is 4.57. The van der Waals surface area contributed by atoms with Crippen molar-refractivity contribution in [1.82, 2.24) is 14.9 Å². The molecule has 4 rings (SSSR count). The summed E-state index contributed by atoms with van der Waals surface area (Å²) in [5.41, 5.74) is 7.63. The minimum absolute atomic E-state index is 0.575. The number of hydrogen-bond acceptors (Lipinski definition) is 6. The predicted octanol–water partition coefficient (Wildman–Crippen LogP) is 3.54. The van der Waals surface area contributed by atoms with E-state index in [-0.39, 0.29) is 0 Å². The first-order valence-corrected chi connectivity index (χ1v) is 10.7. The fourth-order valence-corrected chi connectivity index (χ4v) is 4.80.